The smallest absolute Gasteiger partial charge is 0.356 e. The Kier molecular flexibility index (Phi) is 5.61. The second kappa shape index (κ2) is 8.66. The molecule has 0 fully saturated rings. The molecule has 0 aliphatic heterocycles. The summed E-state index contributed by atoms with van der Waals surface area (Å²) >= 11 is 0. The fraction of sp³-hybridized carbons (Fsp3) is 0.120. The van der Waals surface area contributed by atoms with Crippen molar-refractivity contribution < 1.29 is 14.3 Å². The number of nitrogens with zero attached hydrogens (tertiary/aromatic N) is 1. The maximum absolute atomic E-state index is 12.1. The molecule has 4 aromatic rings. The van der Waals surface area contributed by atoms with E-state index in [2.05, 4.69) is 10.3 Å². The molecule has 4 rings (SSSR count). The number of carbonyl (C=O) groups is 1. The van der Waals surface area contributed by atoms with Gasteiger partial charge >= 0.3 is 5.97 Å². The molecule has 0 aliphatic carbocycles. The molecular formula is C25H22N2O3. The molecule has 1 heterocycles. The summed E-state index contributed by atoms with van der Waals surface area (Å²) in [7, 11) is 1.35. The lowest BCUT2D eigenvalue weighted by Crippen LogP contribution is -2.06. The van der Waals surface area contributed by atoms with Gasteiger partial charge in [0, 0.05) is 11.1 Å². The fourth-order valence-electron chi connectivity index (χ4n) is 3.24. The van der Waals surface area contributed by atoms with E-state index in [0.717, 1.165) is 39.2 Å². The van der Waals surface area contributed by atoms with E-state index in [1.54, 1.807) is 6.07 Å². The van der Waals surface area contributed by atoms with Crippen LogP contribution in [-0.2, 0) is 11.3 Å². The van der Waals surface area contributed by atoms with Gasteiger partial charge in [0.1, 0.15) is 12.4 Å². The molecule has 150 valence electrons. The normalized spacial score (nSPS) is 10.6. The SMILES string of the molecule is COC(=O)c1cc(Nc2ccc(OCc3ccccc3)cc2)c2cccc(C)c2n1. The van der Waals surface area contributed by atoms with E-state index >= 15 is 0 Å². The standard InChI is InChI=1S/C25H22N2O3/c1-17-7-6-10-21-22(15-23(25(28)29-2)27-24(17)21)26-19-11-13-20(14-12-19)30-16-18-8-4-3-5-9-18/h3-15H,16H2,1-2H3,(H,26,27). The third-order valence-electron chi connectivity index (χ3n) is 4.82. The Labute approximate surface area is 175 Å². The molecule has 0 unspecified atom stereocenters. The molecule has 0 saturated heterocycles. The number of carbonyl (C=O) groups excluding carboxylic acids is 1. The number of anilines is 2. The van der Waals surface area contributed by atoms with E-state index in [4.69, 9.17) is 9.47 Å². The minimum Gasteiger partial charge on any atom is -0.489 e. The summed E-state index contributed by atoms with van der Waals surface area (Å²) in [6.45, 7) is 2.49. The summed E-state index contributed by atoms with van der Waals surface area (Å²) < 4.78 is 10.7. The number of methoxy groups -OCH3 is 1. The Morgan fingerprint density at radius 1 is 0.967 bits per heavy atom. The molecule has 5 heteroatoms. The Hall–Kier alpha value is -3.86. The monoisotopic (exact) mass is 398 g/mol. The molecule has 3 aromatic carbocycles. The number of nitrogens with one attached hydrogen (secondary N) is 1. The molecule has 0 atom stereocenters. The van der Waals surface area contributed by atoms with Crippen LogP contribution in [0.5, 0.6) is 5.75 Å². The molecule has 0 saturated carbocycles. The summed E-state index contributed by atoms with van der Waals surface area (Å²) in [5.41, 5.74) is 4.82. The number of pyridine rings is 1. The highest BCUT2D eigenvalue weighted by Gasteiger charge is 2.14. The number of ether oxygens (including phenoxy) is 2. The van der Waals surface area contributed by atoms with E-state index in [9.17, 15) is 4.79 Å². The predicted molar refractivity (Wildman–Crippen MR) is 118 cm³/mol. The average Bonchev–Trinajstić information content (AvgIpc) is 2.79. The maximum atomic E-state index is 12.1. The van der Waals surface area contributed by atoms with E-state index in [1.165, 1.54) is 7.11 Å². The highest BCUT2D eigenvalue weighted by molar-refractivity contribution is 5.99. The number of benzene rings is 3. The van der Waals surface area contributed by atoms with Crippen LogP contribution >= 0.6 is 0 Å². The zero-order valence-corrected chi connectivity index (χ0v) is 16.9. The van der Waals surface area contributed by atoms with Crippen LogP contribution in [0, 0.1) is 6.92 Å². The molecule has 0 aliphatic rings. The minimum absolute atomic E-state index is 0.268. The van der Waals surface area contributed by atoms with Gasteiger partial charge in [-0.3, -0.25) is 0 Å². The number of rotatable bonds is 6. The average molecular weight is 398 g/mol. The van der Waals surface area contributed by atoms with Crippen LogP contribution in [0.3, 0.4) is 0 Å². The number of hydrogen-bond acceptors (Lipinski definition) is 5. The van der Waals surface area contributed by atoms with Crippen molar-refractivity contribution in [2.24, 2.45) is 0 Å². The van der Waals surface area contributed by atoms with Gasteiger partial charge in [0.2, 0.25) is 0 Å². The minimum atomic E-state index is -0.465. The summed E-state index contributed by atoms with van der Waals surface area (Å²) in [5, 5.41) is 4.33. The van der Waals surface area contributed by atoms with E-state index in [1.807, 2.05) is 79.7 Å². The summed E-state index contributed by atoms with van der Waals surface area (Å²) in [4.78, 5) is 16.6. The highest BCUT2D eigenvalue weighted by Crippen LogP contribution is 2.29. The molecule has 1 N–H and O–H groups in total. The van der Waals surface area contributed by atoms with Gasteiger partial charge in [0.25, 0.3) is 0 Å². The van der Waals surface area contributed by atoms with E-state index < -0.39 is 5.97 Å². The fourth-order valence-corrected chi connectivity index (χ4v) is 3.24. The van der Waals surface area contributed by atoms with Crippen LogP contribution in [0.2, 0.25) is 0 Å². The quantitative estimate of drug-likeness (QED) is 0.425. The predicted octanol–water partition coefficient (Wildman–Crippen LogP) is 5.65. The largest absolute Gasteiger partial charge is 0.489 e. The third-order valence-corrected chi connectivity index (χ3v) is 4.82. The molecule has 5 nitrogen and oxygen atoms in total. The molecule has 0 amide bonds. The van der Waals surface area contributed by atoms with Gasteiger partial charge in [0.15, 0.2) is 5.69 Å². The van der Waals surface area contributed by atoms with Crippen LogP contribution in [0.4, 0.5) is 11.4 Å². The van der Waals surface area contributed by atoms with Gasteiger partial charge < -0.3 is 14.8 Å². The first-order valence-corrected chi connectivity index (χ1v) is 9.66. The van der Waals surface area contributed by atoms with Crippen molar-refractivity contribution in [3.05, 3.63) is 95.7 Å². The number of hydrogen-bond donors (Lipinski definition) is 1. The molecule has 0 spiro atoms. The van der Waals surface area contributed by atoms with Gasteiger partial charge in [0.05, 0.1) is 18.3 Å². The topological polar surface area (TPSA) is 60.5 Å². The lowest BCUT2D eigenvalue weighted by molar-refractivity contribution is 0.0594. The Morgan fingerprint density at radius 3 is 2.47 bits per heavy atom. The van der Waals surface area contributed by atoms with Crippen LogP contribution < -0.4 is 10.1 Å². The number of aryl methyl sites for hydroxylation is 1. The van der Waals surface area contributed by atoms with Gasteiger partial charge in [-0.2, -0.15) is 0 Å². The Bertz CT molecular complexity index is 1170. The summed E-state index contributed by atoms with van der Waals surface area (Å²) in [5.74, 6) is 0.322. The van der Waals surface area contributed by atoms with Crippen LogP contribution in [0.1, 0.15) is 21.6 Å². The van der Waals surface area contributed by atoms with Gasteiger partial charge in [-0.05, 0) is 48.4 Å². The zero-order chi connectivity index (χ0) is 20.9. The number of esters is 1. The van der Waals surface area contributed by atoms with Crippen molar-refractivity contribution in [1.29, 1.82) is 0 Å². The lowest BCUT2D eigenvalue weighted by atomic mass is 10.1. The van der Waals surface area contributed by atoms with Crippen LogP contribution in [-0.4, -0.2) is 18.1 Å². The van der Waals surface area contributed by atoms with Crippen LogP contribution in [0.15, 0.2) is 78.9 Å². The molecular weight excluding hydrogens is 376 g/mol. The van der Waals surface area contributed by atoms with Crippen molar-refractivity contribution in [1.82, 2.24) is 4.98 Å². The molecule has 0 bridgehead atoms. The van der Waals surface area contributed by atoms with Crippen molar-refractivity contribution in [2.45, 2.75) is 13.5 Å². The maximum Gasteiger partial charge on any atom is 0.356 e. The Morgan fingerprint density at radius 2 is 1.73 bits per heavy atom. The summed E-state index contributed by atoms with van der Waals surface area (Å²) in [6, 6.07) is 25.4. The van der Waals surface area contributed by atoms with Crippen LogP contribution in [0.25, 0.3) is 10.9 Å². The number of para-hydroxylation sites is 1. The highest BCUT2D eigenvalue weighted by atomic mass is 16.5. The van der Waals surface area contributed by atoms with Gasteiger partial charge in [-0.25, -0.2) is 9.78 Å². The number of aromatic nitrogens is 1. The molecule has 1 aromatic heterocycles. The Balaban J connectivity index is 1.57. The molecule has 0 radical (unpaired) electrons. The molecule has 30 heavy (non-hydrogen) atoms. The first-order chi connectivity index (χ1) is 14.6. The van der Waals surface area contributed by atoms with E-state index in [-0.39, 0.29) is 5.69 Å². The lowest BCUT2D eigenvalue weighted by Gasteiger charge is -2.13. The van der Waals surface area contributed by atoms with Crippen molar-refractivity contribution in [3.63, 3.8) is 0 Å². The zero-order valence-electron chi connectivity index (χ0n) is 16.9. The van der Waals surface area contributed by atoms with E-state index in [0.29, 0.717) is 6.61 Å². The van der Waals surface area contributed by atoms with Gasteiger partial charge in [-0.15, -0.1) is 0 Å². The summed E-state index contributed by atoms with van der Waals surface area (Å²) in [6.07, 6.45) is 0. The first kappa shape index (κ1) is 19.5. The van der Waals surface area contributed by atoms with Crippen molar-refractivity contribution >= 4 is 28.2 Å². The first-order valence-electron chi connectivity index (χ1n) is 9.66. The number of fused-ring (bicyclic) bond motifs is 1. The van der Waals surface area contributed by atoms with Gasteiger partial charge in [-0.1, -0.05) is 48.5 Å². The third kappa shape index (κ3) is 4.25. The van der Waals surface area contributed by atoms with Crippen molar-refractivity contribution in [3.8, 4) is 5.75 Å². The second-order valence-electron chi connectivity index (χ2n) is 6.94. The van der Waals surface area contributed by atoms with Crippen molar-refractivity contribution in [2.75, 3.05) is 12.4 Å². The second-order valence-corrected chi connectivity index (χ2v) is 6.94.